The van der Waals surface area contributed by atoms with Crippen molar-refractivity contribution in [1.82, 2.24) is 10.3 Å². The molecule has 5 nitrogen and oxygen atoms in total. The Bertz CT molecular complexity index is 274. The minimum Gasteiger partial charge on any atom is -0.465 e. The lowest BCUT2D eigenvalue weighted by Crippen LogP contribution is -2.22. The predicted molar refractivity (Wildman–Crippen MR) is 46.3 cm³/mol. The summed E-state index contributed by atoms with van der Waals surface area (Å²) in [5.74, 6) is 0. The fraction of sp³-hybridized carbons (Fsp3) is 0.333. The first-order valence-corrected chi connectivity index (χ1v) is 4.17. The van der Waals surface area contributed by atoms with E-state index in [0.29, 0.717) is 18.1 Å². The standard InChI is InChI=1S/C6H9N3O2S/c7-5-9-3-4(12-5)1-2-8-6(10)11/h3,8H,1-2H2,(H2,7,9)(H,10,11). The van der Waals surface area contributed by atoms with Gasteiger partial charge in [-0.05, 0) is 0 Å². The second kappa shape index (κ2) is 3.91. The molecule has 66 valence electrons. The zero-order chi connectivity index (χ0) is 8.97. The molecule has 0 aliphatic carbocycles. The van der Waals surface area contributed by atoms with E-state index in [1.807, 2.05) is 0 Å². The predicted octanol–water partition coefficient (Wildman–Crippen LogP) is 0.535. The van der Waals surface area contributed by atoms with Crippen LogP contribution in [0.15, 0.2) is 6.20 Å². The second-order valence-electron chi connectivity index (χ2n) is 2.15. The summed E-state index contributed by atoms with van der Waals surface area (Å²) in [6.07, 6.45) is 1.29. The molecule has 0 bridgehead atoms. The van der Waals surface area contributed by atoms with Crippen LogP contribution in [0.25, 0.3) is 0 Å². The molecule has 6 heteroatoms. The van der Waals surface area contributed by atoms with Crippen LogP contribution in [0, 0.1) is 0 Å². The largest absolute Gasteiger partial charge is 0.465 e. The maximum absolute atomic E-state index is 10.0. The Balaban J connectivity index is 2.29. The molecule has 1 heterocycles. The average Bonchev–Trinajstić information content (AvgIpc) is 2.35. The molecule has 4 N–H and O–H groups in total. The number of hydrogen-bond acceptors (Lipinski definition) is 4. The Morgan fingerprint density at radius 1 is 1.83 bits per heavy atom. The quantitative estimate of drug-likeness (QED) is 0.644. The van der Waals surface area contributed by atoms with E-state index in [2.05, 4.69) is 10.3 Å². The first-order valence-electron chi connectivity index (χ1n) is 3.35. The fourth-order valence-electron chi connectivity index (χ4n) is 0.731. The Kier molecular flexibility index (Phi) is 2.87. The van der Waals surface area contributed by atoms with Gasteiger partial charge in [-0.15, -0.1) is 11.3 Å². The molecule has 0 aromatic carbocycles. The number of aromatic nitrogens is 1. The summed E-state index contributed by atoms with van der Waals surface area (Å²) < 4.78 is 0. The summed E-state index contributed by atoms with van der Waals surface area (Å²) in [5, 5.41) is 11.0. The molecule has 0 fully saturated rings. The number of carboxylic acid groups (broad SMARTS) is 1. The lowest BCUT2D eigenvalue weighted by Gasteiger charge is -1.96. The van der Waals surface area contributed by atoms with Crippen LogP contribution in [-0.2, 0) is 6.42 Å². The molecule has 1 aromatic heterocycles. The second-order valence-corrected chi connectivity index (χ2v) is 3.29. The number of carbonyl (C=O) groups is 1. The van der Waals surface area contributed by atoms with Gasteiger partial charge in [0.25, 0.3) is 0 Å². The summed E-state index contributed by atoms with van der Waals surface area (Å²) in [6.45, 7) is 0.400. The molecule has 0 spiro atoms. The molecular weight excluding hydrogens is 178 g/mol. The molecule has 0 saturated carbocycles. The maximum atomic E-state index is 10.0. The topological polar surface area (TPSA) is 88.2 Å². The van der Waals surface area contributed by atoms with E-state index in [9.17, 15) is 4.79 Å². The number of nitrogens with one attached hydrogen (secondary N) is 1. The Hall–Kier alpha value is -1.30. The Morgan fingerprint density at radius 3 is 3.08 bits per heavy atom. The normalized spacial score (nSPS) is 9.67. The minimum absolute atomic E-state index is 0.400. The van der Waals surface area contributed by atoms with E-state index < -0.39 is 6.09 Å². The number of thiazole rings is 1. The van der Waals surface area contributed by atoms with Crippen molar-refractivity contribution in [1.29, 1.82) is 0 Å². The number of nitrogen functional groups attached to an aromatic ring is 1. The number of anilines is 1. The average molecular weight is 187 g/mol. The summed E-state index contributed by atoms with van der Waals surface area (Å²) in [6, 6.07) is 0. The Labute approximate surface area is 73.2 Å². The zero-order valence-electron chi connectivity index (χ0n) is 6.28. The van der Waals surface area contributed by atoms with Gasteiger partial charge in [0.05, 0.1) is 0 Å². The van der Waals surface area contributed by atoms with Gasteiger partial charge in [0.2, 0.25) is 0 Å². The molecule has 12 heavy (non-hydrogen) atoms. The van der Waals surface area contributed by atoms with Crippen LogP contribution in [0.3, 0.4) is 0 Å². The SMILES string of the molecule is Nc1ncc(CCNC(=O)O)s1. The number of hydrogen-bond donors (Lipinski definition) is 3. The molecule has 0 atom stereocenters. The highest BCUT2D eigenvalue weighted by molar-refractivity contribution is 7.15. The van der Waals surface area contributed by atoms with E-state index in [0.717, 1.165) is 4.88 Å². The van der Waals surface area contributed by atoms with E-state index in [1.165, 1.54) is 11.3 Å². The monoisotopic (exact) mass is 187 g/mol. The lowest BCUT2D eigenvalue weighted by atomic mass is 10.4. The van der Waals surface area contributed by atoms with Crippen LogP contribution in [-0.4, -0.2) is 22.7 Å². The van der Waals surface area contributed by atoms with Gasteiger partial charge in [0.1, 0.15) is 0 Å². The molecule has 0 saturated heterocycles. The third-order valence-corrected chi connectivity index (χ3v) is 2.11. The maximum Gasteiger partial charge on any atom is 0.404 e. The van der Waals surface area contributed by atoms with E-state index in [1.54, 1.807) is 6.20 Å². The summed E-state index contributed by atoms with van der Waals surface area (Å²) in [5.41, 5.74) is 5.38. The van der Waals surface area contributed by atoms with Crippen molar-refractivity contribution in [3.8, 4) is 0 Å². The summed E-state index contributed by atoms with van der Waals surface area (Å²) in [4.78, 5) is 14.9. The van der Waals surface area contributed by atoms with Gasteiger partial charge in [-0.1, -0.05) is 0 Å². The van der Waals surface area contributed by atoms with Crippen LogP contribution >= 0.6 is 11.3 Å². The number of nitrogens with zero attached hydrogens (tertiary/aromatic N) is 1. The van der Waals surface area contributed by atoms with Crippen molar-refractivity contribution in [2.24, 2.45) is 0 Å². The summed E-state index contributed by atoms with van der Waals surface area (Å²) in [7, 11) is 0. The fourth-order valence-corrected chi connectivity index (χ4v) is 1.41. The van der Waals surface area contributed by atoms with E-state index >= 15 is 0 Å². The third kappa shape index (κ3) is 2.75. The minimum atomic E-state index is -1.01. The Morgan fingerprint density at radius 2 is 2.58 bits per heavy atom. The first-order chi connectivity index (χ1) is 5.68. The van der Waals surface area contributed by atoms with Gasteiger partial charge in [0.15, 0.2) is 5.13 Å². The molecule has 0 radical (unpaired) electrons. The smallest absolute Gasteiger partial charge is 0.404 e. The van der Waals surface area contributed by atoms with Crippen molar-refractivity contribution in [3.05, 3.63) is 11.1 Å². The van der Waals surface area contributed by atoms with Crippen LogP contribution in [0.5, 0.6) is 0 Å². The van der Waals surface area contributed by atoms with Crippen molar-refractivity contribution < 1.29 is 9.90 Å². The van der Waals surface area contributed by atoms with E-state index in [-0.39, 0.29) is 0 Å². The molecule has 1 rings (SSSR count). The van der Waals surface area contributed by atoms with Crippen LogP contribution in [0.2, 0.25) is 0 Å². The van der Waals surface area contributed by atoms with Crippen LogP contribution in [0.4, 0.5) is 9.93 Å². The van der Waals surface area contributed by atoms with Gasteiger partial charge >= 0.3 is 6.09 Å². The number of rotatable bonds is 3. The molecule has 0 aliphatic heterocycles. The number of amides is 1. The van der Waals surface area contributed by atoms with Gasteiger partial charge in [-0.3, -0.25) is 0 Å². The third-order valence-electron chi connectivity index (χ3n) is 1.22. The van der Waals surface area contributed by atoms with Crippen LogP contribution < -0.4 is 11.1 Å². The van der Waals surface area contributed by atoms with E-state index in [4.69, 9.17) is 10.8 Å². The van der Waals surface area contributed by atoms with Crippen molar-refractivity contribution in [2.45, 2.75) is 6.42 Å². The van der Waals surface area contributed by atoms with Gasteiger partial charge in [-0.25, -0.2) is 9.78 Å². The highest BCUT2D eigenvalue weighted by atomic mass is 32.1. The number of nitrogens with two attached hydrogens (primary N) is 1. The zero-order valence-corrected chi connectivity index (χ0v) is 7.10. The van der Waals surface area contributed by atoms with Gasteiger partial charge in [0, 0.05) is 24.0 Å². The van der Waals surface area contributed by atoms with Crippen LogP contribution in [0.1, 0.15) is 4.88 Å². The van der Waals surface area contributed by atoms with Gasteiger partial charge in [-0.2, -0.15) is 0 Å². The molecule has 1 aromatic rings. The molecule has 0 unspecified atom stereocenters. The highest BCUT2D eigenvalue weighted by Crippen LogP contribution is 2.13. The van der Waals surface area contributed by atoms with Crippen molar-refractivity contribution in [3.63, 3.8) is 0 Å². The lowest BCUT2D eigenvalue weighted by molar-refractivity contribution is 0.194. The summed E-state index contributed by atoms with van der Waals surface area (Å²) >= 11 is 1.37. The highest BCUT2D eigenvalue weighted by Gasteiger charge is 1.99. The molecule has 1 amide bonds. The molecular formula is C6H9N3O2S. The van der Waals surface area contributed by atoms with Crippen molar-refractivity contribution >= 4 is 22.6 Å². The van der Waals surface area contributed by atoms with Crippen molar-refractivity contribution in [2.75, 3.05) is 12.3 Å². The first kappa shape index (κ1) is 8.79. The molecule has 0 aliphatic rings. The van der Waals surface area contributed by atoms with Gasteiger partial charge < -0.3 is 16.2 Å².